The maximum Gasteiger partial charge on any atom is 0.231 e. The second-order valence-electron chi connectivity index (χ2n) is 4.91. The maximum atomic E-state index is 9.98. The van der Waals surface area contributed by atoms with E-state index in [2.05, 4.69) is 16.8 Å². The lowest BCUT2D eigenvalue weighted by Crippen LogP contribution is -2.43. The molecule has 98 valence electrons. The molecule has 2 aliphatic heterocycles. The minimum Gasteiger partial charge on any atom is -0.507 e. The average molecular weight is 250 g/mol. The summed E-state index contributed by atoms with van der Waals surface area (Å²) in [6, 6.07) is 3.53. The smallest absolute Gasteiger partial charge is 0.231 e. The molecule has 5 heteroatoms. The lowest BCUT2D eigenvalue weighted by atomic mass is 10.1. The van der Waals surface area contributed by atoms with E-state index in [1.54, 1.807) is 6.07 Å². The number of benzene rings is 1. The van der Waals surface area contributed by atoms with Gasteiger partial charge in [-0.25, -0.2) is 0 Å². The Balaban J connectivity index is 1.73. The monoisotopic (exact) mass is 250 g/mol. The average Bonchev–Trinajstić information content (AvgIpc) is 2.79. The van der Waals surface area contributed by atoms with Crippen LogP contribution < -0.4 is 9.47 Å². The number of nitrogens with zero attached hydrogens (tertiary/aromatic N) is 2. The Morgan fingerprint density at radius 2 is 1.78 bits per heavy atom. The van der Waals surface area contributed by atoms with Gasteiger partial charge in [0.15, 0.2) is 11.5 Å². The van der Waals surface area contributed by atoms with E-state index in [1.807, 2.05) is 6.07 Å². The van der Waals surface area contributed by atoms with Crippen LogP contribution >= 0.6 is 0 Å². The Bertz CT molecular complexity index is 442. The number of phenols is 1. The SMILES string of the molecule is CN1CCN(Cc2cc3c(cc2O)OCO3)CC1. The third-order valence-electron chi connectivity index (χ3n) is 3.56. The Hall–Kier alpha value is -1.46. The summed E-state index contributed by atoms with van der Waals surface area (Å²) in [5, 5.41) is 9.98. The van der Waals surface area contributed by atoms with Gasteiger partial charge in [-0.05, 0) is 13.1 Å². The van der Waals surface area contributed by atoms with Crippen LogP contribution in [0.5, 0.6) is 17.2 Å². The summed E-state index contributed by atoms with van der Waals surface area (Å²) in [5.41, 5.74) is 0.906. The fraction of sp³-hybridized carbons (Fsp3) is 0.538. The second kappa shape index (κ2) is 4.66. The number of aromatic hydroxyl groups is 1. The van der Waals surface area contributed by atoms with Crippen molar-refractivity contribution < 1.29 is 14.6 Å². The highest BCUT2D eigenvalue weighted by Gasteiger charge is 2.20. The molecule has 0 spiro atoms. The first-order valence-corrected chi connectivity index (χ1v) is 6.25. The molecule has 0 aromatic heterocycles. The van der Waals surface area contributed by atoms with Gasteiger partial charge in [-0.3, -0.25) is 4.90 Å². The number of piperazine rings is 1. The van der Waals surface area contributed by atoms with Gasteiger partial charge in [0.2, 0.25) is 6.79 Å². The zero-order chi connectivity index (χ0) is 12.5. The molecule has 0 radical (unpaired) electrons. The van der Waals surface area contributed by atoms with E-state index in [-0.39, 0.29) is 12.5 Å². The van der Waals surface area contributed by atoms with Crippen molar-refractivity contribution in [2.24, 2.45) is 0 Å². The molecule has 1 aromatic carbocycles. The van der Waals surface area contributed by atoms with Crippen molar-refractivity contribution in [2.45, 2.75) is 6.54 Å². The summed E-state index contributed by atoms with van der Waals surface area (Å²) < 4.78 is 10.6. The first kappa shape index (κ1) is 11.6. The Kier molecular flexibility index (Phi) is 3.01. The van der Waals surface area contributed by atoms with E-state index < -0.39 is 0 Å². The zero-order valence-electron chi connectivity index (χ0n) is 10.6. The molecule has 5 nitrogen and oxygen atoms in total. The van der Waals surface area contributed by atoms with Crippen molar-refractivity contribution in [3.8, 4) is 17.2 Å². The predicted octanol–water partition coefficient (Wildman–Crippen LogP) is 0.868. The highest BCUT2D eigenvalue weighted by atomic mass is 16.7. The van der Waals surface area contributed by atoms with Crippen LogP contribution in [0.15, 0.2) is 12.1 Å². The summed E-state index contributed by atoms with van der Waals surface area (Å²) in [6.45, 7) is 5.22. The molecule has 0 unspecified atom stereocenters. The number of hydrogen-bond donors (Lipinski definition) is 1. The Morgan fingerprint density at radius 1 is 1.11 bits per heavy atom. The maximum absolute atomic E-state index is 9.98. The molecule has 0 saturated carbocycles. The van der Waals surface area contributed by atoms with Crippen LogP contribution in [0.2, 0.25) is 0 Å². The van der Waals surface area contributed by atoms with Crippen LogP contribution in [0.3, 0.4) is 0 Å². The molecule has 0 amide bonds. The van der Waals surface area contributed by atoms with Crippen LogP contribution in [-0.2, 0) is 6.54 Å². The zero-order valence-corrected chi connectivity index (χ0v) is 10.6. The fourth-order valence-corrected chi connectivity index (χ4v) is 2.35. The molecule has 2 heterocycles. The van der Waals surface area contributed by atoms with Gasteiger partial charge in [-0.2, -0.15) is 0 Å². The van der Waals surface area contributed by atoms with E-state index in [9.17, 15) is 5.11 Å². The van der Waals surface area contributed by atoms with Crippen molar-refractivity contribution in [2.75, 3.05) is 40.0 Å². The van der Waals surface area contributed by atoms with Crippen LogP contribution in [0.25, 0.3) is 0 Å². The van der Waals surface area contributed by atoms with E-state index >= 15 is 0 Å². The van der Waals surface area contributed by atoms with E-state index in [0.29, 0.717) is 5.75 Å². The number of ether oxygens (including phenoxy) is 2. The van der Waals surface area contributed by atoms with Crippen molar-refractivity contribution in [1.29, 1.82) is 0 Å². The summed E-state index contributed by atoms with van der Waals surface area (Å²) >= 11 is 0. The standard InChI is InChI=1S/C13H18N2O3/c1-14-2-4-15(5-3-14)8-10-6-12-13(7-11(10)16)18-9-17-12/h6-7,16H,2-5,8-9H2,1H3. The fourth-order valence-electron chi connectivity index (χ4n) is 2.35. The van der Waals surface area contributed by atoms with Crippen LogP contribution in [0.1, 0.15) is 5.56 Å². The molecule has 1 saturated heterocycles. The number of fused-ring (bicyclic) bond motifs is 1. The van der Waals surface area contributed by atoms with E-state index in [0.717, 1.165) is 44.0 Å². The van der Waals surface area contributed by atoms with Gasteiger partial charge in [0.05, 0.1) is 0 Å². The minimum absolute atomic E-state index is 0.243. The van der Waals surface area contributed by atoms with E-state index in [4.69, 9.17) is 9.47 Å². The predicted molar refractivity (Wildman–Crippen MR) is 67.0 cm³/mol. The van der Waals surface area contributed by atoms with Crippen molar-refractivity contribution in [3.05, 3.63) is 17.7 Å². The highest BCUT2D eigenvalue weighted by Crippen LogP contribution is 2.38. The summed E-state index contributed by atoms with van der Waals surface area (Å²) in [7, 11) is 2.13. The van der Waals surface area contributed by atoms with Crippen LogP contribution in [-0.4, -0.2) is 54.9 Å². The minimum atomic E-state index is 0.243. The van der Waals surface area contributed by atoms with Crippen LogP contribution in [0, 0.1) is 0 Å². The largest absolute Gasteiger partial charge is 0.507 e. The first-order chi connectivity index (χ1) is 8.72. The molecule has 0 aliphatic carbocycles. The van der Waals surface area contributed by atoms with E-state index in [1.165, 1.54) is 0 Å². The van der Waals surface area contributed by atoms with Gasteiger partial charge >= 0.3 is 0 Å². The third kappa shape index (κ3) is 2.23. The number of likely N-dealkylation sites (N-methyl/N-ethyl adjacent to an activating group) is 1. The lowest BCUT2D eigenvalue weighted by Gasteiger charge is -2.32. The molecule has 0 atom stereocenters. The molecule has 1 N–H and O–H groups in total. The molecule has 2 aliphatic rings. The summed E-state index contributed by atoms with van der Waals surface area (Å²) in [4.78, 5) is 4.66. The molecular formula is C13H18N2O3. The summed E-state index contributed by atoms with van der Waals surface area (Å²) in [5.74, 6) is 1.66. The lowest BCUT2D eigenvalue weighted by molar-refractivity contribution is 0.147. The molecule has 3 rings (SSSR count). The number of phenolic OH excluding ortho intramolecular Hbond substituents is 1. The van der Waals surface area contributed by atoms with Gasteiger partial charge < -0.3 is 19.5 Å². The second-order valence-corrected chi connectivity index (χ2v) is 4.91. The quantitative estimate of drug-likeness (QED) is 0.843. The van der Waals surface area contributed by atoms with Crippen LogP contribution in [0.4, 0.5) is 0 Å². The highest BCUT2D eigenvalue weighted by molar-refractivity contribution is 5.51. The van der Waals surface area contributed by atoms with Crippen molar-refractivity contribution in [1.82, 2.24) is 9.80 Å². The van der Waals surface area contributed by atoms with Gasteiger partial charge in [0.25, 0.3) is 0 Å². The molecule has 0 bridgehead atoms. The Labute approximate surface area is 107 Å². The van der Waals surface area contributed by atoms with Gasteiger partial charge in [-0.15, -0.1) is 0 Å². The number of hydrogen-bond acceptors (Lipinski definition) is 5. The van der Waals surface area contributed by atoms with Gasteiger partial charge in [0, 0.05) is 44.4 Å². The first-order valence-electron chi connectivity index (χ1n) is 6.25. The normalized spacial score (nSPS) is 20.3. The summed E-state index contributed by atoms with van der Waals surface area (Å²) in [6.07, 6.45) is 0. The molecule has 1 fully saturated rings. The van der Waals surface area contributed by atoms with Crippen molar-refractivity contribution in [3.63, 3.8) is 0 Å². The van der Waals surface area contributed by atoms with Gasteiger partial charge in [0.1, 0.15) is 5.75 Å². The molecule has 1 aromatic rings. The number of rotatable bonds is 2. The van der Waals surface area contributed by atoms with Gasteiger partial charge in [-0.1, -0.05) is 0 Å². The van der Waals surface area contributed by atoms with Crippen molar-refractivity contribution >= 4 is 0 Å². The Morgan fingerprint density at radius 3 is 2.50 bits per heavy atom. The molecular weight excluding hydrogens is 232 g/mol. The molecule has 18 heavy (non-hydrogen) atoms. The topological polar surface area (TPSA) is 45.2 Å². The third-order valence-corrected chi connectivity index (χ3v) is 3.56.